The van der Waals surface area contributed by atoms with Crippen molar-refractivity contribution in [3.05, 3.63) is 58.0 Å². The highest BCUT2D eigenvalue weighted by atomic mass is 35.5. The lowest BCUT2D eigenvalue weighted by Gasteiger charge is -2.14. The van der Waals surface area contributed by atoms with Crippen molar-refractivity contribution >= 4 is 40.6 Å². The van der Waals surface area contributed by atoms with Crippen LogP contribution in [0.15, 0.2) is 47.4 Å². The number of methoxy groups -OCH3 is 1. The number of hydrogen-bond donors (Lipinski definition) is 0. The first-order valence-electron chi connectivity index (χ1n) is 8.97. The molecule has 2 aromatic carbocycles. The average Bonchev–Trinajstić information content (AvgIpc) is 2.98. The van der Waals surface area contributed by atoms with Crippen molar-refractivity contribution in [3.8, 4) is 17.2 Å². The van der Waals surface area contributed by atoms with Crippen LogP contribution >= 0.6 is 23.4 Å². The van der Waals surface area contributed by atoms with Gasteiger partial charge in [0.2, 0.25) is 0 Å². The number of carbonyl (C=O) groups excluding carboxylic acids is 2. The predicted molar refractivity (Wildman–Crippen MR) is 114 cm³/mol. The predicted octanol–water partition coefficient (Wildman–Crippen LogP) is 4.86. The molecule has 6 nitrogen and oxygen atoms in total. The Morgan fingerprint density at radius 1 is 1.07 bits per heavy atom. The minimum atomic E-state index is -0.369. The summed E-state index contributed by atoms with van der Waals surface area (Å²) in [6.45, 7) is 2.64. The second kappa shape index (κ2) is 9.71. The van der Waals surface area contributed by atoms with E-state index in [1.807, 2.05) is 19.1 Å². The van der Waals surface area contributed by atoms with E-state index in [1.165, 1.54) is 0 Å². The first kappa shape index (κ1) is 21.1. The number of halogens is 1. The number of para-hydroxylation sites is 2. The molecule has 3 rings (SSSR count). The standard InChI is InChI=1S/C21H20ClNO5S/c1-3-27-16-9-8-15(22)12-14(16)13-19-20(24)23(21(25)29-19)10-11-28-18-7-5-4-6-17(18)26-2/h4-9,12-13H,3,10-11H2,1-2H3/b19-13-. The molecule has 0 aromatic heterocycles. The van der Waals surface area contributed by atoms with Crippen LogP contribution in [0.4, 0.5) is 4.79 Å². The topological polar surface area (TPSA) is 65.1 Å². The quantitative estimate of drug-likeness (QED) is 0.554. The van der Waals surface area contributed by atoms with Gasteiger partial charge in [0, 0.05) is 10.6 Å². The molecule has 2 amide bonds. The number of benzene rings is 2. The molecule has 0 unspecified atom stereocenters. The van der Waals surface area contributed by atoms with Gasteiger partial charge in [0.05, 0.1) is 25.2 Å². The van der Waals surface area contributed by atoms with E-state index in [0.717, 1.165) is 16.7 Å². The van der Waals surface area contributed by atoms with Crippen LogP contribution < -0.4 is 14.2 Å². The fourth-order valence-electron chi connectivity index (χ4n) is 2.74. The Bertz CT molecular complexity index is 946. The number of amides is 2. The summed E-state index contributed by atoms with van der Waals surface area (Å²) in [6, 6.07) is 12.3. The number of ether oxygens (including phenoxy) is 3. The van der Waals surface area contributed by atoms with Gasteiger partial charge in [-0.05, 0) is 55.1 Å². The van der Waals surface area contributed by atoms with Crippen molar-refractivity contribution in [2.75, 3.05) is 26.9 Å². The SMILES string of the molecule is CCOc1ccc(Cl)cc1/C=C1\SC(=O)N(CCOc2ccccc2OC)C1=O. The molecule has 1 fully saturated rings. The van der Waals surface area contributed by atoms with E-state index in [1.54, 1.807) is 43.5 Å². The van der Waals surface area contributed by atoms with E-state index < -0.39 is 0 Å². The number of rotatable bonds is 8. The maximum absolute atomic E-state index is 12.7. The molecule has 2 aromatic rings. The van der Waals surface area contributed by atoms with Crippen molar-refractivity contribution in [1.82, 2.24) is 4.90 Å². The largest absolute Gasteiger partial charge is 0.493 e. The molecule has 0 aliphatic carbocycles. The highest BCUT2D eigenvalue weighted by Crippen LogP contribution is 2.35. The van der Waals surface area contributed by atoms with Crippen LogP contribution in [0.25, 0.3) is 6.08 Å². The Balaban J connectivity index is 1.70. The summed E-state index contributed by atoms with van der Waals surface area (Å²) in [5.74, 6) is 1.37. The number of carbonyl (C=O) groups is 2. The zero-order valence-corrected chi connectivity index (χ0v) is 17.6. The average molecular weight is 434 g/mol. The second-order valence-electron chi connectivity index (χ2n) is 5.95. The van der Waals surface area contributed by atoms with Gasteiger partial charge in [-0.1, -0.05) is 23.7 Å². The monoisotopic (exact) mass is 433 g/mol. The summed E-state index contributed by atoms with van der Waals surface area (Å²) in [4.78, 5) is 26.5. The highest BCUT2D eigenvalue weighted by Gasteiger charge is 2.35. The van der Waals surface area contributed by atoms with Crippen LogP contribution in [0.1, 0.15) is 12.5 Å². The molecular formula is C21H20ClNO5S. The third-order valence-corrected chi connectivity index (χ3v) is 5.22. The Hall–Kier alpha value is -2.64. The number of imide groups is 1. The van der Waals surface area contributed by atoms with Crippen molar-refractivity contribution in [2.45, 2.75) is 6.92 Å². The highest BCUT2D eigenvalue weighted by molar-refractivity contribution is 8.18. The Morgan fingerprint density at radius 3 is 2.55 bits per heavy atom. The lowest BCUT2D eigenvalue weighted by molar-refractivity contribution is -0.123. The molecule has 0 spiro atoms. The molecule has 0 saturated carbocycles. The molecule has 0 radical (unpaired) electrons. The van der Waals surface area contributed by atoms with Gasteiger partial charge in [0.25, 0.3) is 11.1 Å². The maximum Gasteiger partial charge on any atom is 0.293 e. The first-order valence-corrected chi connectivity index (χ1v) is 10.2. The molecule has 152 valence electrons. The summed E-state index contributed by atoms with van der Waals surface area (Å²) >= 11 is 6.95. The fourth-order valence-corrected chi connectivity index (χ4v) is 3.77. The van der Waals surface area contributed by atoms with E-state index >= 15 is 0 Å². The summed E-state index contributed by atoms with van der Waals surface area (Å²) < 4.78 is 16.5. The first-order chi connectivity index (χ1) is 14.0. The van der Waals surface area contributed by atoms with Crippen LogP contribution in [-0.4, -0.2) is 42.9 Å². The van der Waals surface area contributed by atoms with Crippen molar-refractivity contribution in [1.29, 1.82) is 0 Å². The van der Waals surface area contributed by atoms with Gasteiger partial charge in [-0.15, -0.1) is 0 Å². The Kier molecular flexibility index (Phi) is 7.06. The zero-order chi connectivity index (χ0) is 20.8. The molecule has 0 N–H and O–H groups in total. The minimum absolute atomic E-state index is 0.133. The van der Waals surface area contributed by atoms with Crippen molar-refractivity contribution in [2.24, 2.45) is 0 Å². The van der Waals surface area contributed by atoms with E-state index in [0.29, 0.717) is 39.3 Å². The summed E-state index contributed by atoms with van der Waals surface area (Å²) in [6.07, 6.45) is 1.63. The molecule has 8 heteroatoms. The van der Waals surface area contributed by atoms with Gasteiger partial charge in [-0.3, -0.25) is 14.5 Å². The van der Waals surface area contributed by atoms with Crippen LogP contribution in [0.2, 0.25) is 5.02 Å². The van der Waals surface area contributed by atoms with Gasteiger partial charge in [-0.25, -0.2) is 0 Å². The van der Waals surface area contributed by atoms with Crippen LogP contribution in [-0.2, 0) is 4.79 Å². The van der Waals surface area contributed by atoms with Crippen LogP contribution in [0.5, 0.6) is 17.2 Å². The Morgan fingerprint density at radius 2 is 1.83 bits per heavy atom. The summed E-state index contributed by atoms with van der Waals surface area (Å²) in [5.41, 5.74) is 0.648. The van der Waals surface area contributed by atoms with Gasteiger partial charge < -0.3 is 14.2 Å². The van der Waals surface area contributed by atoms with E-state index in [9.17, 15) is 9.59 Å². The van der Waals surface area contributed by atoms with Gasteiger partial charge in [0.1, 0.15) is 12.4 Å². The lowest BCUT2D eigenvalue weighted by Crippen LogP contribution is -2.32. The molecule has 0 bridgehead atoms. The molecular weight excluding hydrogens is 414 g/mol. The van der Waals surface area contributed by atoms with Gasteiger partial charge >= 0.3 is 0 Å². The van der Waals surface area contributed by atoms with Crippen LogP contribution in [0, 0.1) is 0 Å². The molecule has 1 aliphatic rings. The van der Waals surface area contributed by atoms with Crippen LogP contribution in [0.3, 0.4) is 0 Å². The van der Waals surface area contributed by atoms with Gasteiger partial charge in [0.15, 0.2) is 11.5 Å². The van der Waals surface area contributed by atoms with Crippen molar-refractivity contribution < 1.29 is 23.8 Å². The minimum Gasteiger partial charge on any atom is -0.493 e. The zero-order valence-electron chi connectivity index (χ0n) is 16.0. The lowest BCUT2D eigenvalue weighted by atomic mass is 10.2. The molecule has 0 atom stereocenters. The Labute approximate surface area is 178 Å². The third-order valence-electron chi connectivity index (χ3n) is 4.07. The van der Waals surface area contributed by atoms with E-state index in [-0.39, 0.29) is 24.3 Å². The van der Waals surface area contributed by atoms with E-state index in [2.05, 4.69) is 0 Å². The summed E-state index contributed by atoms with van der Waals surface area (Å²) in [7, 11) is 1.55. The summed E-state index contributed by atoms with van der Waals surface area (Å²) in [5, 5.41) is 0.175. The van der Waals surface area contributed by atoms with Crippen molar-refractivity contribution in [3.63, 3.8) is 0 Å². The normalized spacial score (nSPS) is 15.1. The smallest absolute Gasteiger partial charge is 0.293 e. The second-order valence-corrected chi connectivity index (χ2v) is 7.38. The maximum atomic E-state index is 12.7. The number of thioether (sulfide) groups is 1. The number of hydrogen-bond acceptors (Lipinski definition) is 6. The number of nitrogens with zero attached hydrogens (tertiary/aromatic N) is 1. The molecule has 1 heterocycles. The third kappa shape index (κ3) is 5.05. The van der Waals surface area contributed by atoms with E-state index in [4.69, 9.17) is 25.8 Å². The molecule has 1 saturated heterocycles. The molecule has 1 aliphatic heterocycles. The fraction of sp³-hybridized carbons (Fsp3) is 0.238. The van der Waals surface area contributed by atoms with Gasteiger partial charge in [-0.2, -0.15) is 0 Å². The molecule has 29 heavy (non-hydrogen) atoms.